The summed E-state index contributed by atoms with van der Waals surface area (Å²) in [6.45, 7) is 20.3. The first-order valence-corrected chi connectivity index (χ1v) is 14.5. The van der Waals surface area contributed by atoms with Gasteiger partial charge < -0.3 is 5.11 Å². The Bertz CT molecular complexity index is 599. The molecule has 7 aliphatic carbocycles. The van der Waals surface area contributed by atoms with Crippen molar-refractivity contribution in [3.05, 3.63) is 0 Å². The topological polar surface area (TPSA) is 37.3 Å². The zero-order valence-corrected chi connectivity index (χ0v) is 23.9. The van der Waals surface area contributed by atoms with Crippen molar-refractivity contribution in [2.45, 2.75) is 146 Å². The first-order valence-electron chi connectivity index (χ1n) is 14.5. The lowest BCUT2D eigenvalue weighted by molar-refractivity contribution is -0.227. The van der Waals surface area contributed by atoms with Crippen molar-refractivity contribution in [3.63, 3.8) is 0 Å². The molecule has 0 aromatic carbocycles. The Morgan fingerprint density at radius 3 is 1.55 bits per heavy atom. The maximum absolute atomic E-state index is 10.8. The molecule has 0 spiro atoms. The molecule has 0 saturated heterocycles. The highest BCUT2D eigenvalue weighted by atomic mass is 16.4. The fraction of sp³-hybridized carbons (Fsp3) is 0.968. The van der Waals surface area contributed by atoms with Crippen LogP contribution >= 0.6 is 0 Å². The third kappa shape index (κ3) is 7.00. The number of fused-ring (bicyclic) bond motifs is 1. The first kappa shape index (κ1) is 28.7. The van der Waals surface area contributed by atoms with Crippen LogP contribution in [-0.4, -0.2) is 11.1 Å². The van der Waals surface area contributed by atoms with Crippen molar-refractivity contribution in [1.82, 2.24) is 0 Å². The largest absolute Gasteiger partial charge is 0.481 e. The number of hydrogen-bond acceptors (Lipinski definition) is 1. The quantitative estimate of drug-likeness (QED) is 0.408. The number of carboxylic acid groups (broad SMARTS) is 1. The maximum atomic E-state index is 10.8. The summed E-state index contributed by atoms with van der Waals surface area (Å²) in [5, 5.41) is 8.88. The molecule has 2 nitrogen and oxygen atoms in total. The number of aliphatic carboxylic acids is 1. The van der Waals surface area contributed by atoms with E-state index in [2.05, 4.69) is 48.5 Å². The molecular formula is C31H58O2. The molecule has 4 bridgehead atoms. The van der Waals surface area contributed by atoms with Crippen molar-refractivity contribution in [2.75, 3.05) is 0 Å². The fourth-order valence-corrected chi connectivity index (χ4v) is 8.49. The molecule has 0 unspecified atom stereocenters. The molecule has 0 aromatic rings. The molecule has 7 rings (SSSR count). The summed E-state index contributed by atoms with van der Waals surface area (Å²) in [5.41, 5.74) is 1.79. The molecule has 0 heterocycles. The maximum Gasteiger partial charge on any atom is 0.309 e. The Labute approximate surface area is 207 Å². The average Bonchev–Trinajstić information content (AvgIpc) is 3.07. The molecule has 0 atom stereocenters. The molecule has 0 aliphatic heterocycles. The summed E-state index contributed by atoms with van der Waals surface area (Å²) in [4.78, 5) is 10.8. The fourth-order valence-electron chi connectivity index (χ4n) is 8.49. The highest BCUT2D eigenvalue weighted by Gasteiger charge is 2.71. The minimum absolute atomic E-state index is 0.269. The lowest BCUT2D eigenvalue weighted by Crippen LogP contribution is -2.65. The van der Waals surface area contributed by atoms with Crippen molar-refractivity contribution >= 4 is 5.97 Å². The molecule has 0 radical (unpaired) electrons. The molecular weight excluding hydrogens is 404 g/mol. The molecule has 33 heavy (non-hydrogen) atoms. The van der Waals surface area contributed by atoms with Gasteiger partial charge in [-0.05, 0) is 104 Å². The van der Waals surface area contributed by atoms with E-state index >= 15 is 0 Å². The molecule has 7 saturated carbocycles. The van der Waals surface area contributed by atoms with Crippen LogP contribution in [0.25, 0.3) is 0 Å². The Kier molecular flexibility index (Phi) is 9.59. The van der Waals surface area contributed by atoms with Crippen LogP contribution in [0.2, 0.25) is 0 Å². The van der Waals surface area contributed by atoms with Crippen LogP contribution in [0.3, 0.4) is 0 Å². The van der Waals surface area contributed by atoms with Crippen LogP contribution in [0.15, 0.2) is 0 Å². The van der Waals surface area contributed by atoms with Gasteiger partial charge in [-0.3, -0.25) is 4.79 Å². The second-order valence-electron chi connectivity index (χ2n) is 14.4. The molecule has 1 N–H and O–H groups in total. The number of carboxylic acids is 1. The van der Waals surface area contributed by atoms with Gasteiger partial charge in [0.25, 0.3) is 0 Å². The second kappa shape index (κ2) is 11.0. The van der Waals surface area contributed by atoms with Gasteiger partial charge in [-0.15, -0.1) is 0 Å². The molecule has 194 valence electrons. The van der Waals surface area contributed by atoms with Gasteiger partial charge in [0.05, 0.1) is 5.41 Å². The highest BCUT2D eigenvalue weighted by molar-refractivity contribution is 5.79. The number of rotatable bonds is 7. The van der Waals surface area contributed by atoms with E-state index in [0.29, 0.717) is 5.41 Å². The molecule has 0 amide bonds. The Morgan fingerprint density at radius 2 is 1.27 bits per heavy atom. The molecule has 7 fully saturated rings. The summed E-state index contributed by atoms with van der Waals surface area (Å²) in [7, 11) is 0. The minimum atomic E-state index is -0.562. The minimum Gasteiger partial charge on any atom is -0.481 e. The van der Waals surface area contributed by atoms with E-state index in [4.69, 9.17) is 5.11 Å². The van der Waals surface area contributed by atoms with E-state index in [1.165, 1.54) is 64.2 Å². The monoisotopic (exact) mass is 462 g/mol. The van der Waals surface area contributed by atoms with E-state index in [1.807, 2.05) is 13.8 Å². The normalized spacial score (nSPS) is 37.2. The zero-order valence-electron chi connectivity index (χ0n) is 23.9. The van der Waals surface area contributed by atoms with Crippen LogP contribution in [0.5, 0.6) is 0 Å². The van der Waals surface area contributed by atoms with Crippen LogP contribution in [-0.2, 0) is 4.79 Å². The lowest BCUT2D eigenvalue weighted by Gasteiger charge is -2.69. The van der Waals surface area contributed by atoms with Crippen molar-refractivity contribution in [3.8, 4) is 0 Å². The molecule has 2 heteroatoms. The van der Waals surface area contributed by atoms with E-state index in [-0.39, 0.29) is 5.41 Å². The summed E-state index contributed by atoms with van der Waals surface area (Å²) >= 11 is 0. The van der Waals surface area contributed by atoms with Crippen LogP contribution in [0.4, 0.5) is 0 Å². The SMILES string of the molecule is CC.CC(C)CC12CC(C(=O)O)(C1)C2.CC(C)CC12CCC(C)(C1)C2.CC(C)CC1CCC1. The van der Waals surface area contributed by atoms with Crippen LogP contribution in [0.1, 0.15) is 146 Å². The van der Waals surface area contributed by atoms with Gasteiger partial charge in [-0.2, -0.15) is 0 Å². The predicted molar refractivity (Wildman–Crippen MR) is 142 cm³/mol. The van der Waals surface area contributed by atoms with Gasteiger partial charge in [0.15, 0.2) is 0 Å². The summed E-state index contributed by atoms with van der Waals surface area (Å²) < 4.78 is 0. The summed E-state index contributed by atoms with van der Waals surface area (Å²) in [5.74, 6) is 3.11. The Balaban J connectivity index is 0.000000172. The highest BCUT2D eigenvalue weighted by Crippen LogP contribution is 2.75. The van der Waals surface area contributed by atoms with Gasteiger partial charge in [0.1, 0.15) is 0 Å². The Morgan fingerprint density at radius 1 is 0.788 bits per heavy atom. The van der Waals surface area contributed by atoms with Gasteiger partial charge >= 0.3 is 5.97 Å². The second-order valence-corrected chi connectivity index (χ2v) is 14.4. The standard InChI is InChI=1S/C11H20.C10H16O2.C8H16.C2H6/c1-9(2)6-11-5-4-10(3,7-11)8-11;1-7(2)3-9-4-10(5-9,6-9)8(11)12;1-7(2)6-8-4-3-5-8;1-2/h9H,4-8H2,1-3H3;7H,3-6H2,1-2H3,(H,11,12);7-8H,3-6H2,1-2H3;1-2H3. The molecule has 7 aliphatic rings. The number of carbonyl (C=O) groups is 1. The molecule has 0 aromatic heterocycles. The van der Waals surface area contributed by atoms with E-state index in [1.54, 1.807) is 0 Å². The van der Waals surface area contributed by atoms with Gasteiger partial charge in [-0.1, -0.05) is 81.6 Å². The zero-order chi connectivity index (χ0) is 25.1. The lowest BCUT2D eigenvalue weighted by atomic mass is 9.34. The summed E-state index contributed by atoms with van der Waals surface area (Å²) in [6, 6.07) is 0. The van der Waals surface area contributed by atoms with E-state index in [9.17, 15) is 4.79 Å². The van der Waals surface area contributed by atoms with Gasteiger partial charge in [-0.25, -0.2) is 0 Å². The number of hydrogen-bond donors (Lipinski definition) is 1. The third-order valence-electron chi connectivity index (χ3n) is 9.17. The third-order valence-corrected chi connectivity index (χ3v) is 9.17. The predicted octanol–water partition coefficient (Wildman–Crippen LogP) is 9.76. The Hall–Kier alpha value is -0.530. The van der Waals surface area contributed by atoms with Crippen LogP contribution in [0, 0.1) is 45.3 Å². The summed E-state index contributed by atoms with van der Waals surface area (Å²) in [6.07, 6.45) is 17.7. The van der Waals surface area contributed by atoms with Crippen LogP contribution < -0.4 is 0 Å². The van der Waals surface area contributed by atoms with Gasteiger partial charge in [0.2, 0.25) is 0 Å². The first-order chi connectivity index (χ1) is 15.3. The van der Waals surface area contributed by atoms with Gasteiger partial charge in [0, 0.05) is 0 Å². The van der Waals surface area contributed by atoms with E-state index < -0.39 is 5.97 Å². The van der Waals surface area contributed by atoms with E-state index in [0.717, 1.165) is 53.8 Å². The van der Waals surface area contributed by atoms with Crippen molar-refractivity contribution < 1.29 is 9.90 Å². The van der Waals surface area contributed by atoms with Crippen molar-refractivity contribution in [1.29, 1.82) is 0 Å². The van der Waals surface area contributed by atoms with Crippen molar-refractivity contribution in [2.24, 2.45) is 45.3 Å². The smallest absolute Gasteiger partial charge is 0.309 e. The average molecular weight is 463 g/mol.